The van der Waals surface area contributed by atoms with Gasteiger partial charge in [-0.3, -0.25) is 0 Å². The molecule has 5 heteroatoms. The van der Waals surface area contributed by atoms with E-state index in [1.165, 1.54) is 153 Å². The molecule has 252 valence electrons. The molecule has 2 spiro atoms. The molecule has 0 aromatic rings. The lowest BCUT2D eigenvalue weighted by atomic mass is 9.66. The zero-order chi connectivity index (χ0) is 31.2. The third-order valence-electron chi connectivity index (χ3n) is 13.1. The first-order chi connectivity index (χ1) is 20.4. The Balaban J connectivity index is 1.10. The first kappa shape index (κ1) is 36.4. The summed E-state index contributed by atoms with van der Waals surface area (Å²) in [6.07, 6.45) is 32.5. The Hall–Kier alpha value is 0.571. The van der Waals surface area contributed by atoms with E-state index in [4.69, 9.17) is 8.23 Å². The van der Waals surface area contributed by atoms with E-state index in [-0.39, 0.29) is 0 Å². The average Bonchev–Trinajstić information content (AvgIpc) is 3.81. The van der Waals surface area contributed by atoms with Crippen molar-refractivity contribution in [2.45, 2.75) is 206 Å². The minimum absolute atomic E-state index is 0.778. The second-order valence-electron chi connectivity index (χ2n) is 18.1. The lowest BCUT2D eigenvalue weighted by Gasteiger charge is -2.41. The molecule has 4 rings (SSSR count). The largest absolute Gasteiger partial charge is 0.437 e. The summed E-state index contributed by atoms with van der Waals surface area (Å²) >= 11 is 0. The van der Waals surface area contributed by atoms with Crippen LogP contribution < -0.4 is 0 Å². The van der Waals surface area contributed by atoms with Crippen molar-refractivity contribution < 1.29 is 8.23 Å². The van der Waals surface area contributed by atoms with E-state index in [9.17, 15) is 0 Å². The maximum atomic E-state index is 7.08. The molecule has 0 bridgehead atoms. The average molecular weight is 649 g/mol. The van der Waals surface area contributed by atoms with Crippen molar-refractivity contribution in [3.8, 4) is 0 Å². The highest BCUT2D eigenvalue weighted by Crippen LogP contribution is 2.72. The molecule has 4 saturated carbocycles. The predicted octanol–water partition coefficient (Wildman–Crippen LogP) is 13.2. The fourth-order valence-electron chi connectivity index (χ4n) is 10.3. The van der Waals surface area contributed by atoms with E-state index >= 15 is 0 Å². The van der Waals surface area contributed by atoms with Crippen LogP contribution in [0.3, 0.4) is 0 Å². The maximum Gasteiger partial charge on any atom is 0.311 e. The van der Waals surface area contributed by atoms with Crippen LogP contribution in [0.5, 0.6) is 0 Å². The van der Waals surface area contributed by atoms with Gasteiger partial charge in [-0.2, -0.15) is 0 Å². The van der Waals surface area contributed by atoms with Crippen molar-refractivity contribution in [1.29, 1.82) is 0 Å². The molecule has 4 fully saturated rings. The molecule has 0 radical (unpaired) electrons. The normalized spacial score (nSPS) is 31.8. The van der Waals surface area contributed by atoms with Crippen molar-refractivity contribution in [3.05, 3.63) is 0 Å². The van der Waals surface area contributed by atoms with Crippen molar-refractivity contribution in [3.63, 3.8) is 0 Å². The molecule has 0 heterocycles. The van der Waals surface area contributed by atoms with Gasteiger partial charge in [0.25, 0.3) is 0 Å². The van der Waals surface area contributed by atoms with Gasteiger partial charge in [0, 0.05) is 0 Å². The highest BCUT2D eigenvalue weighted by atomic mass is 28.5. The Morgan fingerprint density at radius 3 is 1.21 bits per heavy atom. The lowest BCUT2D eigenvalue weighted by Crippen LogP contribution is -2.52. The van der Waals surface area contributed by atoms with E-state index in [0.29, 0.717) is 0 Å². The Kier molecular flexibility index (Phi) is 13.2. The van der Waals surface area contributed by atoms with Crippen LogP contribution >= 0.6 is 0 Å². The van der Waals surface area contributed by atoms with E-state index in [1.54, 1.807) is 0 Å². The minimum Gasteiger partial charge on any atom is -0.437 e. The zero-order valence-electron chi connectivity index (χ0n) is 30.6. The summed E-state index contributed by atoms with van der Waals surface area (Å²) in [5, 5.41) is 0. The van der Waals surface area contributed by atoms with Crippen LogP contribution in [0.25, 0.3) is 0 Å². The van der Waals surface area contributed by atoms with Gasteiger partial charge in [-0.15, -0.1) is 0 Å². The van der Waals surface area contributed by atoms with Gasteiger partial charge >= 0.3 is 8.56 Å². The first-order valence-corrected chi connectivity index (χ1v) is 28.8. The smallest absolute Gasteiger partial charge is 0.311 e. The van der Waals surface area contributed by atoms with Crippen LogP contribution in [0, 0.1) is 34.5 Å². The highest BCUT2D eigenvalue weighted by molar-refractivity contribution is 6.87. The molecular weight excluding hydrogens is 573 g/mol. The molecule has 2 nitrogen and oxygen atoms in total. The standard InChI is InChI=1S/C38H76O2Si3/c1-9-11-13-15-17-19-21-33-23-27-37(33)31-35(37)25-29-41(3,4)39-43(7,8)40-42(5,6)30-26-36-32-38(36)28-24-34(38)22-20-18-16-14-12-10-2/h33-36H,9-32H2,1-8H3/t33-,34?,35?,36?,37-,38?/m0/s1. The van der Waals surface area contributed by atoms with E-state index < -0.39 is 25.2 Å². The van der Waals surface area contributed by atoms with Crippen LogP contribution in [-0.4, -0.2) is 25.2 Å². The molecule has 4 unspecified atom stereocenters. The van der Waals surface area contributed by atoms with Crippen LogP contribution in [0.4, 0.5) is 0 Å². The van der Waals surface area contributed by atoms with E-state index in [2.05, 4.69) is 53.1 Å². The van der Waals surface area contributed by atoms with Gasteiger partial charge in [0.05, 0.1) is 0 Å². The molecule has 43 heavy (non-hydrogen) atoms. The van der Waals surface area contributed by atoms with Gasteiger partial charge < -0.3 is 8.23 Å². The van der Waals surface area contributed by atoms with Crippen molar-refractivity contribution in [1.82, 2.24) is 0 Å². The number of rotatable bonds is 24. The van der Waals surface area contributed by atoms with Gasteiger partial charge in [-0.25, -0.2) is 0 Å². The summed E-state index contributed by atoms with van der Waals surface area (Å²) in [4.78, 5) is 0. The predicted molar refractivity (Wildman–Crippen MR) is 196 cm³/mol. The number of unbranched alkanes of at least 4 members (excludes halogenated alkanes) is 10. The van der Waals surface area contributed by atoms with E-state index in [0.717, 1.165) is 34.5 Å². The van der Waals surface area contributed by atoms with Gasteiger partial charge in [0.2, 0.25) is 0 Å². The second kappa shape index (κ2) is 15.6. The van der Waals surface area contributed by atoms with Gasteiger partial charge in [-0.1, -0.05) is 104 Å². The Morgan fingerprint density at radius 2 is 0.860 bits per heavy atom. The van der Waals surface area contributed by atoms with Gasteiger partial charge in [0.15, 0.2) is 16.6 Å². The summed E-state index contributed by atoms with van der Waals surface area (Å²) in [5.41, 5.74) is 1.56. The summed E-state index contributed by atoms with van der Waals surface area (Å²) < 4.78 is 14.2. The van der Waals surface area contributed by atoms with E-state index in [1.807, 2.05) is 0 Å². The Labute approximate surface area is 273 Å². The van der Waals surface area contributed by atoms with Crippen molar-refractivity contribution in [2.24, 2.45) is 34.5 Å². The molecular formula is C38H76O2Si3. The van der Waals surface area contributed by atoms with Crippen LogP contribution in [0.15, 0.2) is 0 Å². The van der Waals surface area contributed by atoms with Crippen LogP contribution in [-0.2, 0) is 8.23 Å². The molecule has 0 aromatic heterocycles. The zero-order valence-corrected chi connectivity index (χ0v) is 33.6. The molecule has 0 saturated heterocycles. The molecule has 6 atom stereocenters. The van der Waals surface area contributed by atoms with Crippen molar-refractivity contribution >= 4 is 25.2 Å². The topological polar surface area (TPSA) is 18.5 Å². The summed E-state index contributed by atoms with van der Waals surface area (Å²) in [7, 11) is -5.51. The quantitative estimate of drug-likeness (QED) is 0.0766. The van der Waals surface area contributed by atoms with Gasteiger partial charge in [0.1, 0.15) is 0 Å². The number of hydrogen-bond donors (Lipinski definition) is 0. The highest BCUT2D eigenvalue weighted by Gasteiger charge is 2.63. The fourth-order valence-corrected chi connectivity index (χ4v) is 24.4. The summed E-state index contributed by atoms with van der Waals surface area (Å²) in [6, 6.07) is 2.69. The third kappa shape index (κ3) is 10.3. The van der Waals surface area contributed by atoms with Gasteiger partial charge in [-0.05, 0) is 137 Å². The molecule has 0 amide bonds. The lowest BCUT2D eigenvalue weighted by molar-refractivity contribution is 0.113. The molecule has 4 aliphatic rings. The second-order valence-corrected chi connectivity index (χ2v) is 30.5. The molecule has 4 aliphatic carbocycles. The van der Waals surface area contributed by atoms with Crippen molar-refractivity contribution in [2.75, 3.05) is 0 Å². The molecule has 0 aliphatic heterocycles. The first-order valence-electron chi connectivity index (χ1n) is 19.8. The Bertz CT molecular complexity index is 777. The Morgan fingerprint density at radius 1 is 0.488 bits per heavy atom. The summed E-state index contributed by atoms with van der Waals surface area (Å²) in [5.74, 6) is 4.15. The van der Waals surface area contributed by atoms with Crippen LogP contribution in [0.1, 0.15) is 155 Å². The SMILES string of the molecule is CCCCCCCCC1CCC12CC2CC[Si](C)(C)O[Si](C)(C)O[Si](C)(C)CCC1C[C@]12CC[C@@H]2CCCCCCCC. The van der Waals surface area contributed by atoms with Crippen LogP contribution in [0.2, 0.25) is 51.4 Å². The molecule has 0 aromatic carbocycles. The summed E-state index contributed by atoms with van der Waals surface area (Å²) in [6.45, 7) is 19.4. The maximum absolute atomic E-state index is 7.08. The third-order valence-corrected chi connectivity index (χ3v) is 24.5. The monoisotopic (exact) mass is 649 g/mol. The number of hydrogen-bond acceptors (Lipinski definition) is 2. The fraction of sp³-hybridized carbons (Fsp3) is 1.00. The molecule has 0 N–H and O–H groups in total. The minimum atomic E-state index is -2.10.